The first-order valence-corrected chi connectivity index (χ1v) is 14.2. The van der Waals surface area contributed by atoms with Gasteiger partial charge in [-0.15, -0.1) is 0 Å². The summed E-state index contributed by atoms with van der Waals surface area (Å²) >= 11 is 0. The molecule has 1 aromatic heterocycles. The summed E-state index contributed by atoms with van der Waals surface area (Å²) in [6.45, 7) is 5.30. The predicted molar refractivity (Wildman–Crippen MR) is 155 cm³/mol. The summed E-state index contributed by atoms with van der Waals surface area (Å²) in [7, 11) is 0. The zero-order valence-electron chi connectivity index (χ0n) is 22.9. The molecule has 3 aromatic carbocycles. The molecule has 0 aliphatic carbocycles. The van der Waals surface area contributed by atoms with E-state index in [1.807, 2.05) is 77.4 Å². The zero-order valence-corrected chi connectivity index (χ0v) is 22.9. The molecule has 0 saturated carbocycles. The molecule has 0 spiro atoms. The molecule has 4 N–H and O–H groups in total. The molecule has 0 radical (unpaired) electrons. The minimum Gasteiger partial charge on any atom is -0.392 e. The summed E-state index contributed by atoms with van der Waals surface area (Å²) in [5.74, 6) is 0.119. The molecular formula is C32H38N4O4. The maximum Gasteiger partial charge on any atom is 0.326 e. The zero-order chi connectivity index (χ0) is 27.6. The Morgan fingerprint density at radius 2 is 1.60 bits per heavy atom. The molecule has 3 heterocycles. The van der Waals surface area contributed by atoms with Crippen LogP contribution in [0.3, 0.4) is 0 Å². The van der Waals surface area contributed by atoms with Crippen molar-refractivity contribution in [3.05, 3.63) is 106 Å². The van der Waals surface area contributed by atoms with Gasteiger partial charge in [-0.2, -0.15) is 0 Å². The lowest BCUT2D eigenvalue weighted by Crippen LogP contribution is -2.47. The van der Waals surface area contributed by atoms with Crippen LogP contribution < -0.4 is 11.4 Å². The normalized spacial score (nSPS) is 24.5. The van der Waals surface area contributed by atoms with E-state index in [0.717, 1.165) is 65.8 Å². The van der Waals surface area contributed by atoms with E-state index in [-0.39, 0.29) is 36.5 Å². The molecule has 4 aromatic rings. The Hall–Kier alpha value is -3.27. The van der Waals surface area contributed by atoms with Crippen LogP contribution in [0.1, 0.15) is 60.5 Å². The van der Waals surface area contributed by atoms with Crippen LogP contribution in [-0.2, 0) is 22.6 Å². The van der Waals surface area contributed by atoms with Gasteiger partial charge in [-0.05, 0) is 41.7 Å². The number of benzene rings is 3. The van der Waals surface area contributed by atoms with Gasteiger partial charge in [0.1, 0.15) is 0 Å². The SMILES string of the molecule is C[C@@H]1[C@H](CN2CCC(n3c(=O)[nH]c4ccccc43)CC2)O[C@H](c2ccc(CN)cc2)O[C@@H]1c1ccc(CO)cc1. The number of nitrogens with two attached hydrogens (primary N) is 1. The van der Waals surface area contributed by atoms with Crippen LogP contribution in [0.4, 0.5) is 0 Å². The molecule has 8 heteroatoms. The van der Waals surface area contributed by atoms with Gasteiger partial charge >= 0.3 is 5.69 Å². The van der Waals surface area contributed by atoms with Crippen molar-refractivity contribution >= 4 is 11.0 Å². The van der Waals surface area contributed by atoms with Crippen molar-refractivity contribution in [1.29, 1.82) is 0 Å². The maximum atomic E-state index is 12.7. The third-order valence-corrected chi connectivity index (χ3v) is 8.60. The highest BCUT2D eigenvalue weighted by Crippen LogP contribution is 2.42. The van der Waals surface area contributed by atoms with Gasteiger partial charge in [0.2, 0.25) is 0 Å². The van der Waals surface area contributed by atoms with E-state index < -0.39 is 6.29 Å². The lowest BCUT2D eigenvalue weighted by molar-refractivity contribution is -0.276. The average molecular weight is 543 g/mol. The van der Waals surface area contributed by atoms with Gasteiger partial charge < -0.3 is 30.2 Å². The smallest absolute Gasteiger partial charge is 0.326 e. The molecule has 2 aliphatic rings. The van der Waals surface area contributed by atoms with E-state index >= 15 is 0 Å². The largest absolute Gasteiger partial charge is 0.392 e. The van der Waals surface area contributed by atoms with E-state index in [4.69, 9.17) is 15.2 Å². The Morgan fingerprint density at radius 3 is 2.30 bits per heavy atom. The molecule has 0 unspecified atom stereocenters. The number of aliphatic hydroxyl groups is 1. The number of piperidine rings is 1. The molecular weight excluding hydrogens is 504 g/mol. The van der Waals surface area contributed by atoms with Gasteiger partial charge in [-0.1, -0.05) is 67.6 Å². The van der Waals surface area contributed by atoms with Crippen LogP contribution >= 0.6 is 0 Å². The van der Waals surface area contributed by atoms with E-state index in [9.17, 15) is 9.90 Å². The van der Waals surface area contributed by atoms with Crippen LogP contribution in [0.15, 0.2) is 77.6 Å². The molecule has 2 aliphatic heterocycles. The van der Waals surface area contributed by atoms with E-state index in [2.05, 4.69) is 16.8 Å². The number of likely N-dealkylation sites (tertiary alicyclic amines) is 1. The van der Waals surface area contributed by atoms with Gasteiger partial charge in [-0.3, -0.25) is 4.57 Å². The third-order valence-electron chi connectivity index (χ3n) is 8.60. The van der Waals surface area contributed by atoms with Gasteiger partial charge in [0.15, 0.2) is 6.29 Å². The number of fused-ring (bicyclic) bond motifs is 1. The van der Waals surface area contributed by atoms with E-state index in [1.54, 1.807) is 0 Å². The Bertz CT molecular complexity index is 1470. The van der Waals surface area contributed by atoms with E-state index in [0.29, 0.717) is 6.54 Å². The molecule has 0 bridgehead atoms. The second-order valence-corrected chi connectivity index (χ2v) is 11.1. The minimum absolute atomic E-state index is 0.0177. The predicted octanol–water partition coefficient (Wildman–Crippen LogP) is 4.41. The molecule has 2 saturated heterocycles. The Kier molecular flexibility index (Phi) is 7.87. The summed E-state index contributed by atoms with van der Waals surface area (Å²) in [5, 5.41) is 9.51. The van der Waals surface area contributed by atoms with Gasteiger partial charge in [0, 0.05) is 43.7 Å². The van der Waals surface area contributed by atoms with Crippen molar-refractivity contribution in [2.45, 2.75) is 57.5 Å². The standard InChI is InChI=1S/C32H38N4O4/c1-21-29(19-35-16-14-26(15-17-35)36-28-5-3-2-4-27(28)34-32(36)38)39-31(25-12-6-22(18-33)7-13-25)40-30(21)24-10-8-23(20-37)9-11-24/h2-13,21,26,29-31,37H,14-20,33H2,1H3,(H,34,38)/t21-,29+,30+,31+/m1/s1. The van der Waals surface area contributed by atoms with Crippen molar-refractivity contribution in [2.75, 3.05) is 19.6 Å². The van der Waals surface area contributed by atoms with E-state index in [1.165, 1.54) is 0 Å². The van der Waals surface area contributed by atoms with Gasteiger partial charge in [0.25, 0.3) is 0 Å². The molecule has 210 valence electrons. The molecule has 40 heavy (non-hydrogen) atoms. The number of H-pyrrole nitrogens is 1. The second-order valence-electron chi connectivity index (χ2n) is 11.1. The van der Waals surface area contributed by atoms with Crippen molar-refractivity contribution in [3.63, 3.8) is 0 Å². The number of nitrogens with zero attached hydrogens (tertiary/aromatic N) is 2. The molecule has 2 fully saturated rings. The Morgan fingerprint density at radius 1 is 0.925 bits per heavy atom. The number of hydrogen-bond acceptors (Lipinski definition) is 6. The quantitative estimate of drug-likeness (QED) is 0.320. The first kappa shape index (κ1) is 26.9. The van der Waals surface area contributed by atoms with Crippen LogP contribution in [-0.4, -0.2) is 45.3 Å². The summed E-state index contributed by atoms with van der Waals surface area (Å²) in [6.07, 6.45) is 1.15. The maximum absolute atomic E-state index is 12.7. The second kappa shape index (κ2) is 11.7. The number of hydrogen-bond donors (Lipinski definition) is 3. The lowest BCUT2D eigenvalue weighted by atomic mass is 9.89. The fraction of sp³-hybridized carbons (Fsp3) is 0.406. The topological polar surface area (TPSA) is 106 Å². The van der Waals surface area contributed by atoms with Crippen molar-refractivity contribution < 1.29 is 14.6 Å². The highest BCUT2D eigenvalue weighted by Gasteiger charge is 2.39. The average Bonchev–Trinajstić information content (AvgIpc) is 3.34. The number of imidazole rings is 1. The Labute approximate surface area is 234 Å². The number of ether oxygens (including phenoxy) is 2. The number of nitrogens with one attached hydrogen (secondary N) is 1. The number of rotatable bonds is 7. The van der Waals surface area contributed by atoms with Crippen LogP contribution in [0, 0.1) is 5.92 Å². The summed E-state index contributed by atoms with van der Waals surface area (Å²) < 4.78 is 15.2. The van der Waals surface area contributed by atoms with Crippen LogP contribution in [0.5, 0.6) is 0 Å². The summed E-state index contributed by atoms with van der Waals surface area (Å²) in [4.78, 5) is 18.2. The first-order chi connectivity index (χ1) is 19.5. The first-order valence-electron chi connectivity index (χ1n) is 14.2. The van der Waals surface area contributed by atoms with Gasteiger partial charge in [-0.25, -0.2) is 4.79 Å². The highest BCUT2D eigenvalue weighted by molar-refractivity contribution is 5.75. The number of aromatic amines is 1. The Balaban J connectivity index is 1.19. The molecule has 0 amide bonds. The minimum atomic E-state index is -0.488. The summed E-state index contributed by atoms with van der Waals surface area (Å²) in [6, 6.07) is 24.2. The van der Waals surface area contributed by atoms with Crippen LogP contribution in [0.25, 0.3) is 11.0 Å². The van der Waals surface area contributed by atoms with Crippen molar-refractivity contribution in [2.24, 2.45) is 11.7 Å². The highest BCUT2D eigenvalue weighted by atomic mass is 16.7. The van der Waals surface area contributed by atoms with Crippen molar-refractivity contribution in [1.82, 2.24) is 14.5 Å². The van der Waals surface area contributed by atoms with Gasteiger partial charge in [0.05, 0.1) is 29.8 Å². The lowest BCUT2D eigenvalue weighted by Gasteiger charge is -2.44. The molecule has 8 nitrogen and oxygen atoms in total. The number of aliphatic hydroxyl groups excluding tert-OH is 1. The monoisotopic (exact) mass is 542 g/mol. The number of para-hydroxylation sites is 2. The number of aromatic nitrogens is 2. The fourth-order valence-electron chi connectivity index (χ4n) is 6.19. The van der Waals surface area contributed by atoms with Crippen LogP contribution in [0.2, 0.25) is 0 Å². The van der Waals surface area contributed by atoms with Crippen molar-refractivity contribution in [3.8, 4) is 0 Å². The third kappa shape index (κ3) is 5.38. The fourth-order valence-corrected chi connectivity index (χ4v) is 6.19. The summed E-state index contributed by atoms with van der Waals surface area (Å²) in [5.41, 5.74) is 11.7. The molecule has 6 rings (SSSR count). The molecule has 4 atom stereocenters.